The maximum Gasteiger partial charge on any atom is 0.259 e. The van der Waals surface area contributed by atoms with Crippen LogP contribution in [0.1, 0.15) is 0 Å². The summed E-state index contributed by atoms with van der Waals surface area (Å²) in [4.78, 5) is 4.09. The summed E-state index contributed by atoms with van der Waals surface area (Å²) in [5, 5.41) is 0. The lowest BCUT2D eigenvalue weighted by Gasteiger charge is -2.50. The highest BCUT2D eigenvalue weighted by Gasteiger charge is 2.54. The molecule has 2 aliphatic rings. The summed E-state index contributed by atoms with van der Waals surface area (Å²) in [6.45, 7) is 1.76. The van der Waals surface area contributed by atoms with Gasteiger partial charge in [0, 0.05) is 37.6 Å². The van der Waals surface area contributed by atoms with Gasteiger partial charge in [-0.2, -0.15) is 0 Å². The lowest BCUT2D eigenvalue weighted by atomic mass is 9.80. The molecule has 2 fully saturated rings. The van der Waals surface area contributed by atoms with Gasteiger partial charge in [0.2, 0.25) is 0 Å². The molecule has 0 saturated carbocycles. The van der Waals surface area contributed by atoms with Gasteiger partial charge in [-0.05, 0) is 31.3 Å². The van der Waals surface area contributed by atoms with E-state index in [1.807, 2.05) is 36.2 Å². The van der Waals surface area contributed by atoms with Gasteiger partial charge < -0.3 is 15.5 Å². The quantitative estimate of drug-likeness (QED) is 0.789. The van der Waals surface area contributed by atoms with E-state index in [-0.39, 0.29) is 0 Å². The zero-order chi connectivity index (χ0) is 13.6. The molecule has 0 aromatic heterocycles. The number of rotatable bonds is 1. The minimum atomic E-state index is -2.53. The molecule has 0 spiro atoms. The molecule has 3 nitrogen and oxygen atoms in total. The number of anilines is 2. The van der Waals surface area contributed by atoms with Crippen LogP contribution in [0.5, 0.6) is 0 Å². The molecule has 2 heterocycles. The zero-order valence-electron chi connectivity index (χ0n) is 11.0. The fraction of sp³-hybridized carbons (Fsp3) is 0.571. The highest BCUT2D eigenvalue weighted by molar-refractivity contribution is 5.53. The Hall–Kier alpha value is -1.36. The largest absolute Gasteiger partial charge is 0.399 e. The Kier molecular flexibility index (Phi) is 2.89. The van der Waals surface area contributed by atoms with Crippen molar-refractivity contribution in [2.45, 2.75) is 5.92 Å². The van der Waals surface area contributed by atoms with Crippen LogP contribution in [0.4, 0.5) is 20.2 Å². The molecular formula is C14H19F2N3. The van der Waals surface area contributed by atoms with Crippen molar-refractivity contribution in [2.75, 3.05) is 43.9 Å². The Morgan fingerprint density at radius 1 is 1.05 bits per heavy atom. The van der Waals surface area contributed by atoms with Crippen molar-refractivity contribution in [3.63, 3.8) is 0 Å². The smallest absolute Gasteiger partial charge is 0.259 e. The average Bonchev–Trinajstić information content (AvgIpc) is 2.32. The average molecular weight is 267 g/mol. The van der Waals surface area contributed by atoms with Crippen molar-refractivity contribution >= 4 is 11.4 Å². The Morgan fingerprint density at radius 3 is 2.11 bits per heavy atom. The summed E-state index contributed by atoms with van der Waals surface area (Å²) < 4.78 is 28.3. The summed E-state index contributed by atoms with van der Waals surface area (Å²) in [5.74, 6) is -3.69. The third-order valence-electron chi connectivity index (χ3n) is 4.29. The number of likely N-dealkylation sites (tertiary alicyclic amines) is 1. The second kappa shape index (κ2) is 4.34. The number of hydrogen-bond donors (Lipinski definition) is 1. The molecule has 0 aliphatic carbocycles. The summed E-state index contributed by atoms with van der Waals surface area (Å²) in [6, 6.07) is 7.48. The maximum atomic E-state index is 14.2. The van der Waals surface area contributed by atoms with Crippen molar-refractivity contribution in [3.05, 3.63) is 24.3 Å². The SMILES string of the molecule is CN1CC2CN(c3ccc(N)cc3)CC(C1)C2(F)F. The summed E-state index contributed by atoms with van der Waals surface area (Å²) >= 11 is 0. The van der Waals surface area contributed by atoms with Gasteiger partial charge in [0.25, 0.3) is 5.92 Å². The first-order chi connectivity index (χ1) is 8.96. The van der Waals surface area contributed by atoms with Crippen molar-refractivity contribution in [1.82, 2.24) is 4.90 Å². The van der Waals surface area contributed by atoms with Gasteiger partial charge in [0.1, 0.15) is 0 Å². The van der Waals surface area contributed by atoms with Crippen molar-refractivity contribution < 1.29 is 8.78 Å². The first-order valence-electron chi connectivity index (χ1n) is 6.63. The molecule has 5 heteroatoms. The van der Waals surface area contributed by atoms with Crippen LogP contribution >= 0.6 is 0 Å². The zero-order valence-corrected chi connectivity index (χ0v) is 11.0. The lowest BCUT2D eigenvalue weighted by Crippen LogP contribution is -2.63. The molecule has 1 aromatic carbocycles. The van der Waals surface area contributed by atoms with Crippen LogP contribution in [0.15, 0.2) is 24.3 Å². The van der Waals surface area contributed by atoms with E-state index in [0.717, 1.165) is 5.69 Å². The topological polar surface area (TPSA) is 32.5 Å². The van der Waals surface area contributed by atoms with Crippen LogP contribution < -0.4 is 10.6 Å². The fourth-order valence-corrected chi connectivity index (χ4v) is 3.27. The number of piperidine rings is 2. The number of benzene rings is 1. The van der Waals surface area contributed by atoms with Crippen molar-refractivity contribution in [3.8, 4) is 0 Å². The molecule has 0 radical (unpaired) electrons. The number of alkyl halides is 2. The monoisotopic (exact) mass is 267 g/mol. The van der Waals surface area contributed by atoms with Crippen molar-refractivity contribution in [1.29, 1.82) is 0 Å². The van der Waals surface area contributed by atoms with E-state index in [4.69, 9.17) is 5.73 Å². The van der Waals surface area contributed by atoms with Gasteiger partial charge in [0.05, 0.1) is 11.8 Å². The normalized spacial score (nSPS) is 30.4. The van der Waals surface area contributed by atoms with Crippen LogP contribution in [0.2, 0.25) is 0 Å². The predicted molar refractivity (Wildman–Crippen MR) is 72.5 cm³/mol. The molecule has 2 bridgehead atoms. The third-order valence-corrected chi connectivity index (χ3v) is 4.29. The molecule has 2 atom stereocenters. The van der Waals surface area contributed by atoms with Gasteiger partial charge in [-0.15, -0.1) is 0 Å². The minimum Gasteiger partial charge on any atom is -0.399 e. The molecule has 104 valence electrons. The van der Waals surface area contributed by atoms with Crippen LogP contribution in [0, 0.1) is 11.8 Å². The van der Waals surface area contributed by atoms with E-state index < -0.39 is 17.8 Å². The molecule has 0 amide bonds. The Bertz CT molecular complexity index is 442. The second-order valence-electron chi connectivity index (χ2n) is 5.79. The predicted octanol–water partition coefficient (Wildman–Crippen LogP) is 1.90. The van der Waals surface area contributed by atoms with Crippen LogP contribution in [0.25, 0.3) is 0 Å². The highest BCUT2D eigenvalue weighted by Crippen LogP contribution is 2.42. The van der Waals surface area contributed by atoms with E-state index in [1.54, 1.807) is 0 Å². The third kappa shape index (κ3) is 2.16. The number of halogens is 2. The van der Waals surface area contributed by atoms with Crippen molar-refractivity contribution in [2.24, 2.45) is 11.8 Å². The van der Waals surface area contributed by atoms with Gasteiger partial charge in [0.15, 0.2) is 0 Å². The number of nitrogens with two attached hydrogens (primary N) is 1. The number of nitrogen functional groups attached to an aromatic ring is 1. The molecule has 2 N–H and O–H groups in total. The van der Waals surface area contributed by atoms with Crippen LogP contribution in [0.3, 0.4) is 0 Å². The summed E-state index contributed by atoms with van der Waals surface area (Å²) in [5.41, 5.74) is 7.35. The molecule has 2 saturated heterocycles. The fourth-order valence-electron chi connectivity index (χ4n) is 3.27. The number of hydrogen-bond acceptors (Lipinski definition) is 3. The molecule has 19 heavy (non-hydrogen) atoms. The Labute approximate surface area is 112 Å². The Balaban J connectivity index is 1.83. The first-order valence-corrected chi connectivity index (χ1v) is 6.63. The molecule has 3 rings (SSSR count). The van der Waals surface area contributed by atoms with E-state index in [1.165, 1.54) is 0 Å². The van der Waals surface area contributed by atoms with E-state index in [2.05, 4.69) is 4.90 Å². The minimum absolute atomic E-state index is 0.414. The summed E-state index contributed by atoms with van der Waals surface area (Å²) in [7, 11) is 1.92. The molecule has 2 aliphatic heterocycles. The lowest BCUT2D eigenvalue weighted by molar-refractivity contribution is -0.153. The second-order valence-corrected chi connectivity index (χ2v) is 5.79. The van der Waals surface area contributed by atoms with E-state index in [0.29, 0.717) is 31.9 Å². The number of nitrogens with zero attached hydrogens (tertiary/aromatic N) is 2. The molecular weight excluding hydrogens is 248 g/mol. The highest BCUT2D eigenvalue weighted by atomic mass is 19.3. The number of fused-ring (bicyclic) bond motifs is 2. The molecule has 1 aromatic rings. The van der Waals surface area contributed by atoms with Gasteiger partial charge in [-0.3, -0.25) is 0 Å². The standard InChI is InChI=1S/C14H19F2N3/c1-18-6-10-8-19(9-11(7-18)14(10,15)16)13-4-2-12(17)3-5-13/h2-5,10-11H,6-9,17H2,1H3. The van der Waals surface area contributed by atoms with Crippen LogP contribution in [-0.2, 0) is 0 Å². The van der Waals surface area contributed by atoms with Gasteiger partial charge in [-0.1, -0.05) is 0 Å². The summed E-state index contributed by atoms with van der Waals surface area (Å²) in [6.07, 6.45) is 0. The van der Waals surface area contributed by atoms with E-state index in [9.17, 15) is 8.78 Å². The van der Waals surface area contributed by atoms with Gasteiger partial charge in [-0.25, -0.2) is 8.78 Å². The first kappa shape index (κ1) is 12.7. The van der Waals surface area contributed by atoms with Crippen LogP contribution in [-0.4, -0.2) is 44.0 Å². The van der Waals surface area contributed by atoms with E-state index >= 15 is 0 Å². The maximum absolute atomic E-state index is 14.2. The molecule has 2 unspecified atom stereocenters. The Morgan fingerprint density at radius 2 is 1.58 bits per heavy atom. The van der Waals surface area contributed by atoms with Gasteiger partial charge >= 0.3 is 0 Å².